The second-order valence-electron chi connectivity index (χ2n) is 4.85. The van der Waals surface area contributed by atoms with Crippen molar-refractivity contribution in [3.63, 3.8) is 0 Å². The van der Waals surface area contributed by atoms with E-state index in [0.29, 0.717) is 17.4 Å². The summed E-state index contributed by atoms with van der Waals surface area (Å²) in [5.41, 5.74) is 1.43. The van der Waals surface area contributed by atoms with Crippen molar-refractivity contribution in [1.29, 1.82) is 0 Å². The first kappa shape index (κ1) is 14.9. The zero-order valence-electron chi connectivity index (χ0n) is 11.6. The molecule has 5 nitrogen and oxygen atoms in total. The molecule has 1 amide bonds. The molecule has 0 unspecified atom stereocenters. The van der Waals surface area contributed by atoms with Gasteiger partial charge in [-0.15, -0.1) is 0 Å². The summed E-state index contributed by atoms with van der Waals surface area (Å²) in [5, 5.41) is 7.12. The highest BCUT2D eigenvalue weighted by molar-refractivity contribution is 7.84. The SMILES string of the molecule is CC(C)c1cc(C(=O)N[C@@H](C)C[S@](C)=O)n(C)n1. The maximum Gasteiger partial charge on any atom is 0.269 e. The standard InChI is InChI=1S/C12H21N3O2S/c1-8(2)10-6-11(15(4)14-10)12(16)13-9(3)7-18(5)17/h6,8-9H,7H2,1-5H3,(H,13,16)/t9-,18-/m0/s1. The van der Waals surface area contributed by atoms with Gasteiger partial charge in [0.15, 0.2) is 0 Å². The molecule has 0 aliphatic carbocycles. The molecule has 0 aromatic carbocycles. The quantitative estimate of drug-likeness (QED) is 0.870. The molecule has 2 atom stereocenters. The maximum atomic E-state index is 12.0. The molecule has 1 aromatic heterocycles. The summed E-state index contributed by atoms with van der Waals surface area (Å²) in [6, 6.07) is 1.69. The molecule has 0 bridgehead atoms. The van der Waals surface area contributed by atoms with Gasteiger partial charge in [0.2, 0.25) is 0 Å². The van der Waals surface area contributed by atoms with E-state index in [2.05, 4.69) is 10.4 Å². The fraction of sp³-hybridized carbons (Fsp3) is 0.667. The minimum atomic E-state index is -0.913. The lowest BCUT2D eigenvalue weighted by molar-refractivity contribution is 0.0934. The molecule has 1 aromatic rings. The molecule has 0 spiro atoms. The van der Waals surface area contributed by atoms with E-state index >= 15 is 0 Å². The van der Waals surface area contributed by atoms with Crippen LogP contribution in [0.1, 0.15) is 42.9 Å². The Morgan fingerprint density at radius 1 is 1.50 bits per heavy atom. The van der Waals surface area contributed by atoms with Crippen LogP contribution < -0.4 is 5.32 Å². The number of carbonyl (C=O) groups is 1. The van der Waals surface area contributed by atoms with Gasteiger partial charge in [-0.25, -0.2) is 0 Å². The van der Waals surface area contributed by atoms with Gasteiger partial charge in [-0.1, -0.05) is 13.8 Å². The van der Waals surface area contributed by atoms with Gasteiger partial charge in [-0.05, 0) is 18.9 Å². The van der Waals surface area contributed by atoms with E-state index in [9.17, 15) is 9.00 Å². The van der Waals surface area contributed by atoms with Gasteiger partial charge in [0.05, 0.1) is 5.69 Å². The summed E-state index contributed by atoms with van der Waals surface area (Å²) >= 11 is 0. The first-order chi connectivity index (χ1) is 8.31. The van der Waals surface area contributed by atoms with Gasteiger partial charge in [0.1, 0.15) is 5.69 Å². The summed E-state index contributed by atoms with van der Waals surface area (Å²) in [6.07, 6.45) is 1.63. The molecule has 18 heavy (non-hydrogen) atoms. The van der Waals surface area contributed by atoms with E-state index in [-0.39, 0.29) is 11.9 Å². The van der Waals surface area contributed by atoms with Gasteiger partial charge >= 0.3 is 0 Å². The number of carbonyl (C=O) groups excluding carboxylic acids is 1. The molecular formula is C12H21N3O2S. The van der Waals surface area contributed by atoms with Crippen LogP contribution >= 0.6 is 0 Å². The number of aryl methyl sites for hydroxylation is 1. The van der Waals surface area contributed by atoms with Crippen molar-refractivity contribution >= 4 is 16.7 Å². The average molecular weight is 271 g/mol. The Hall–Kier alpha value is -1.17. The molecule has 0 saturated heterocycles. The third kappa shape index (κ3) is 3.94. The Kier molecular flexibility index (Phi) is 5.07. The van der Waals surface area contributed by atoms with Crippen molar-refractivity contribution in [3.8, 4) is 0 Å². The van der Waals surface area contributed by atoms with Crippen LogP contribution in [0.2, 0.25) is 0 Å². The lowest BCUT2D eigenvalue weighted by atomic mass is 10.1. The van der Waals surface area contributed by atoms with E-state index in [1.165, 1.54) is 0 Å². The van der Waals surface area contributed by atoms with Crippen LogP contribution in [0.15, 0.2) is 6.07 Å². The van der Waals surface area contributed by atoms with Crippen LogP contribution in [0.3, 0.4) is 0 Å². The molecule has 0 saturated carbocycles. The summed E-state index contributed by atoms with van der Waals surface area (Å²) in [7, 11) is 0.840. The van der Waals surface area contributed by atoms with Gasteiger partial charge in [-0.2, -0.15) is 5.10 Å². The summed E-state index contributed by atoms with van der Waals surface area (Å²) in [5.74, 6) is 0.578. The molecule has 0 aliphatic rings. The summed E-state index contributed by atoms with van der Waals surface area (Å²) in [4.78, 5) is 12.0. The number of amides is 1. The first-order valence-electron chi connectivity index (χ1n) is 5.96. The van der Waals surface area contributed by atoms with E-state index in [0.717, 1.165) is 5.69 Å². The molecule has 0 radical (unpaired) electrons. The minimum absolute atomic E-state index is 0.110. The molecule has 0 aliphatic heterocycles. The van der Waals surface area contributed by atoms with Crippen molar-refractivity contribution in [2.45, 2.75) is 32.7 Å². The van der Waals surface area contributed by atoms with Gasteiger partial charge in [-0.3, -0.25) is 13.7 Å². The van der Waals surface area contributed by atoms with Crippen LogP contribution in [-0.2, 0) is 17.8 Å². The number of nitrogens with one attached hydrogen (secondary N) is 1. The normalized spacial score (nSPS) is 14.6. The van der Waals surface area contributed by atoms with E-state index < -0.39 is 10.8 Å². The largest absolute Gasteiger partial charge is 0.347 e. The van der Waals surface area contributed by atoms with E-state index in [1.807, 2.05) is 20.8 Å². The van der Waals surface area contributed by atoms with Crippen molar-refractivity contribution < 1.29 is 9.00 Å². The lowest BCUT2D eigenvalue weighted by Crippen LogP contribution is -2.37. The highest BCUT2D eigenvalue weighted by Gasteiger charge is 2.17. The monoisotopic (exact) mass is 271 g/mol. The zero-order valence-corrected chi connectivity index (χ0v) is 12.4. The predicted molar refractivity (Wildman–Crippen MR) is 73.2 cm³/mol. The number of hydrogen-bond acceptors (Lipinski definition) is 3. The van der Waals surface area contributed by atoms with Gasteiger partial charge < -0.3 is 5.32 Å². The van der Waals surface area contributed by atoms with Crippen molar-refractivity contribution in [2.75, 3.05) is 12.0 Å². The predicted octanol–water partition coefficient (Wildman–Crippen LogP) is 1.04. The van der Waals surface area contributed by atoms with Crippen LogP contribution in [0.5, 0.6) is 0 Å². The highest BCUT2D eigenvalue weighted by atomic mass is 32.2. The molecule has 0 fully saturated rings. The maximum absolute atomic E-state index is 12.0. The summed E-state index contributed by atoms with van der Waals surface area (Å²) < 4.78 is 12.7. The van der Waals surface area contributed by atoms with Gasteiger partial charge in [0.25, 0.3) is 5.91 Å². The van der Waals surface area contributed by atoms with Crippen LogP contribution in [0.4, 0.5) is 0 Å². The second kappa shape index (κ2) is 6.13. The van der Waals surface area contributed by atoms with Crippen molar-refractivity contribution in [2.24, 2.45) is 7.05 Å². The third-order valence-corrected chi connectivity index (χ3v) is 3.55. The Balaban J connectivity index is 2.75. The van der Waals surface area contributed by atoms with Crippen molar-refractivity contribution in [1.82, 2.24) is 15.1 Å². The Morgan fingerprint density at radius 3 is 2.56 bits per heavy atom. The summed E-state index contributed by atoms with van der Waals surface area (Å²) in [6.45, 7) is 5.92. The fourth-order valence-electron chi connectivity index (χ4n) is 1.68. The molecule has 102 valence electrons. The molecule has 1 N–H and O–H groups in total. The number of aromatic nitrogens is 2. The number of hydrogen-bond donors (Lipinski definition) is 1. The zero-order chi connectivity index (χ0) is 13.9. The Labute approximate surface area is 110 Å². The Morgan fingerprint density at radius 2 is 2.11 bits per heavy atom. The minimum Gasteiger partial charge on any atom is -0.347 e. The molecule has 6 heteroatoms. The average Bonchev–Trinajstić information content (AvgIpc) is 2.58. The number of rotatable bonds is 5. The Bertz CT molecular complexity index is 454. The lowest BCUT2D eigenvalue weighted by Gasteiger charge is -2.12. The van der Waals surface area contributed by atoms with E-state index in [1.54, 1.807) is 24.1 Å². The second-order valence-corrected chi connectivity index (χ2v) is 6.33. The van der Waals surface area contributed by atoms with Crippen LogP contribution in [0, 0.1) is 0 Å². The molecule has 1 heterocycles. The molecule has 1 rings (SSSR count). The number of nitrogens with zero attached hydrogens (tertiary/aromatic N) is 2. The smallest absolute Gasteiger partial charge is 0.269 e. The van der Waals surface area contributed by atoms with Crippen LogP contribution in [-0.4, -0.2) is 37.9 Å². The highest BCUT2D eigenvalue weighted by Crippen LogP contribution is 2.13. The van der Waals surface area contributed by atoms with Gasteiger partial charge in [0, 0.05) is 35.9 Å². The van der Waals surface area contributed by atoms with Crippen molar-refractivity contribution in [3.05, 3.63) is 17.5 Å². The van der Waals surface area contributed by atoms with Crippen LogP contribution in [0.25, 0.3) is 0 Å². The van der Waals surface area contributed by atoms with E-state index in [4.69, 9.17) is 0 Å². The topological polar surface area (TPSA) is 64.0 Å². The first-order valence-corrected chi connectivity index (χ1v) is 7.68. The third-order valence-electron chi connectivity index (χ3n) is 2.59. The fourth-order valence-corrected chi connectivity index (χ4v) is 2.46. The molecular weight excluding hydrogens is 250 g/mol.